The number of nitro groups is 1. The number of fused-ring (bicyclic) bond motifs is 1. The average molecular weight is 385 g/mol. The van der Waals surface area contributed by atoms with E-state index in [2.05, 4.69) is 9.97 Å². The molecule has 1 saturated heterocycles. The lowest BCUT2D eigenvalue weighted by atomic mass is 9.82. The Hall–Kier alpha value is -3.43. The zero-order valence-electron chi connectivity index (χ0n) is 15.3. The molecular weight excluding hydrogens is 366 g/mol. The monoisotopic (exact) mass is 385 g/mol. The number of nitrogen functional groups attached to an aromatic ring is 1. The zero-order chi connectivity index (χ0) is 19.9. The molecule has 0 amide bonds. The second kappa shape index (κ2) is 6.63. The van der Waals surface area contributed by atoms with E-state index in [1.807, 2.05) is 0 Å². The lowest BCUT2D eigenvalue weighted by Crippen LogP contribution is -2.51. The molecule has 0 bridgehead atoms. The molecule has 3 heterocycles. The number of ketones is 1. The summed E-state index contributed by atoms with van der Waals surface area (Å²) in [5.74, 6) is 1.19. The number of rotatable bonds is 3. The number of nitrogens with two attached hydrogens (primary N) is 1. The van der Waals surface area contributed by atoms with E-state index >= 15 is 0 Å². The SMILES string of the molecule is COc1ccc2c(c1)C(=O)CC1(CCN(c3ncnc(N)c3[N+](=O)[O-])CC1)O2. The van der Waals surface area contributed by atoms with Crippen molar-refractivity contribution >= 4 is 23.1 Å². The van der Waals surface area contributed by atoms with Crippen LogP contribution in [0.1, 0.15) is 29.6 Å². The van der Waals surface area contributed by atoms with Crippen LogP contribution in [-0.2, 0) is 0 Å². The van der Waals surface area contributed by atoms with E-state index in [9.17, 15) is 14.9 Å². The highest BCUT2D eigenvalue weighted by molar-refractivity contribution is 6.00. The van der Waals surface area contributed by atoms with Gasteiger partial charge in [-0.05, 0) is 18.2 Å². The van der Waals surface area contributed by atoms with E-state index in [1.54, 1.807) is 30.2 Å². The topological polar surface area (TPSA) is 134 Å². The molecule has 1 aromatic heterocycles. The number of aromatic nitrogens is 2. The van der Waals surface area contributed by atoms with Gasteiger partial charge in [-0.2, -0.15) is 0 Å². The van der Waals surface area contributed by atoms with Crippen molar-refractivity contribution < 1.29 is 19.2 Å². The van der Waals surface area contributed by atoms with Crippen molar-refractivity contribution in [1.82, 2.24) is 9.97 Å². The van der Waals surface area contributed by atoms with Gasteiger partial charge in [-0.1, -0.05) is 0 Å². The Morgan fingerprint density at radius 2 is 2.07 bits per heavy atom. The highest BCUT2D eigenvalue weighted by atomic mass is 16.6. The van der Waals surface area contributed by atoms with Gasteiger partial charge in [-0.3, -0.25) is 14.9 Å². The maximum Gasteiger partial charge on any atom is 0.353 e. The van der Waals surface area contributed by atoms with Gasteiger partial charge in [0.1, 0.15) is 23.4 Å². The first-order chi connectivity index (χ1) is 13.4. The van der Waals surface area contributed by atoms with E-state index in [-0.39, 0.29) is 29.5 Å². The number of benzene rings is 1. The molecule has 10 nitrogen and oxygen atoms in total. The minimum Gasteiger partial charge on any atom is -0.497 e. The number of anilines is 2. The van der Waals surface area contributed by atoms with Crippen LogP contribution >= 0.6 is 0 Å². The summed E-state index contributed by atoms with van der Waals surface area (Å²) in [5, 5.41) is 11.4. The molecule has 10 heteroatoms. The van der Waals surface area contributed by atoms with Crippen LogP contribution in [0.15, 0.2) is 24.5 Å². The number of nitrogens with zero attached hydrogens (tertiary/aromatic N) is 4. The summed E-state index contributed by atoms with van der Waals surface area (Å²) in [6.07, 6.45) is 2.54. The maximum atomic E-state index is 12.7. The van der Waals surface area contributed by atoms with Crippen molar-refractivity contribution in [3.63, 3.8) is 0 Å². The van der Waals surface area contributed by atoms with E-state index < -0.39 is 10.5 Å². The molecule has 2 aliphatic rings. The molecule has 2 aliphatic heterocycles. The molecule has 146 valence electrons. The quantitative estimate of drug-likeness (QED) is 0.621. The van der Waals surface area contributed by atoms with Crippen LogP contribution in [0.4, 0.5) is 17.3 Å². The first-order valence-electron chi connectivity index (χ1n) is 8.82. The number of ether oxygens (including phenoxy) is 2. The number of carbonyl (C=O) groups is 1. The third kappa shape index (κ3) is 2.96. The zero-order valence-corrected chi connectivity index (χ0v) is 15.3. The lowest BCUT2D eigenvalue weighted by molar-refractivity contribution is -0.383. The Kier molecular flexibility index (Phi) is 4.25. The van der Waals surface area contributed by atoms with Crippen LogP contribution in [0, 0.1) is 10.1 Å². The smallest absolute Gasteiger partial charge is 0.353 e. The van der Waals surface area contributed by atoms with Gasteiger partial charge in [-0.15, -0.1) is 0 Å². The van der Waals surface area contributed by atoms with E-state index in [1.165, 1.54) is 6.33 Å². The van der Waals surface area contributed by atoms with E-state index in [4.69, 9.17) is 15.2 Å². The number of methoxy groups -OCH3 is 1. The van der Waals surface area contributed by atoms with Crippen LogP contribution < -0.4 is 20.1 Å². The van der Waals surface area contributed by atoms with Gasteiger partial charge in [0.15, 0.2) is 5.78 Å². The highest BCUT2D eigenvalue weighted by Gasteiger charge is 2.44. The van der Waals surface area contributed by atoms with Gasteiger partial charge in [0, 0.05) is 25.9 Å². The summed E-state index contributed by atoms with van der Waals surface area (Å²) in [6.45, 7) is 0.909. The van der Waals surface area contributed by atoms with Gasteiger partial charge in [-0.25, -0.2) is 9.97 Å². The van der Waals surface area contributed by atoms with Crippen LogP contribution in [0.2, 0.25) is 0 Å². The van der Waals surface area contributed by atoms with Gasteiger partial charge in [0.05, 0.1) is 24.0 Å². The molecule has 0 unspecified atom stereocenters. The summed E-state index contributed by atoms with van der Waals surface area (Å²) in [7, 11) is 1.55. The summed E-state index contributed by atoms with van der Waals surface area (Å²) in [4.78, 5) is 33.0. The predicted octanol–water partition coefficient (Wildman–Crippen LogP) is 1.98. The minimum atomic E-state index is -0.622. The lowest BCUT2D eigenvalue weighted by Gasteiger charge is -2.44. The first kappa shape index (κ1) is 18.0. The number of carbonyl (C=O) groups excluding carboxylic acids is 1. The Balaban J connectivity index is 1.56. The van der Waals surface area contributed by atoms with Gasteiger partial charge < -0.3 is 20.1 Å². The fourth-order valence-electron chi connectivity index (χ4n) is 3.79. The molecule has 0 saturated carbocycles. The maximum absolute atomic E-state index is 12.7. The number of hydrogen-bond donors (Lipinski definition) is 1. The highest BCUT2D eigenvalue weighted by Crippen LogP contribution is 2.42. The fourth-order valence-corrected chi connectivity index (χ4v) is 3.79. The van der Waals surface area contributed by atoms with Crippen molar-refractivity contribution in [2.24, 2.45) is 0 Å². The Morgan fingerprint density at radius 1 is 1.32 bits per heavy atom. The number of piperidine rings is 1. The second-order valence-electron chi connectivity index (χ2n) is 6.92. The van der Waals surface area contributed by atoms with Crippen molar-refractivity contribution in [2.75, 3.05) is 30.8 Å². The molecule has 1 aromatic carbocycles. The summed E-state index contributed by atoms with van der Waals surface area (Å²) in [6, 6.07) is 5.19. The van der Waals surface area contributed by atoms with Crippen LogP contribution in [0.25, 0.3) is 0 Å². The van der Waals surface area contributed by atoms with Crippen molar-refractivity contribution in [3.05, 3.63) is 40.2 Å². The van der Waals surface area contributed by atoms with Crippen LogP contribution in [0.3, 0.4) is 0 Å². The average Bonchev–Trinajstić information content (AvgIpc) is 2.68. The minimum absolute atomic E-state index is 0.00543. The van der Waals surface area contributed by atoms with Crippen molar-refractivity contribution in [2.45, 2.75) is 24.9 Å². The summed E-state index contributed by atoms with van der Waals surface area (Å²) >= 11 is 0. The van der Waals surface area contributed by atoms with Gasteiger partial charge >= 0.3 is 5.69 Å². The third-order valence-electron chi connectivity index (χ3n) is 5.28. The Labute approximate surface area is 160 Å². The molecule has 1 fully saturated rings. The Morgan fingerprint density at radius 3 is 2.75 bits per heavy atom. The normalized spacial score (nSPS) is 17.8. The number of Topliss-reactive ketones (excluding diaryl/α,β-unsaturated/α-hetero) is 1. The largest absolute Gasteiger partial charge is 0.497 e. The molecule has 2 N–H and O–H groups in total. The Bertz CT molecular complexity index is 955. The second-order valence-corrected chi connectivity index (χ2v) is 6.92. The molecule has 0 radical (unpaired) electrons. The van der Waals surface area contributed by atoms with E-state index in [0.717, 1.165) is 0 Å². The van der Waals surface area contributed by atoms with Crippen molar-refractivity contribution in [1.29, 1.82) is 0 Å². The molecule has 0 atom stereocenters. The predicted molar refractivity (Wildman–Crippen MR) is 99.8 cm³/mol. The van der Waals surface area contributed by atoms with Crippen LogP contribution in [0.5, 0.6) is 11.5 Å². The first-order valence-corrected chi connectivity index (χ1v) is 8.82. The third-order valence-corrected chi connectivity index (χ3v) is 5.28. The standard InChI is InChI=1S/C18H19N5O5/c1-27-11-2-3-14-12(8-11)13(24)9-18(28-14)4-6-22(7-5-18)17-15(23(25)26)16(19)20-10-21-17/h2-3,8,10H,4-7,9H2,1H3,(H2,19,20,21). The van der Waals surface area contributed by atoms with Crippen LogP contribution in [-0.4, -0.2) is 46.5 Å². The fraction of sp³-hybridized carbons (Fsp3) is 0.389. The number of hydrogen-bond acceptors (Lipinski definition) is 9. The van der Waals surface area contributed by atoms with Gasteiger partial charge in [0.25, 0.3) is 0 Å². The molecule has 28 heavy (non-hydrogen) atoms. The molecule has 4 rings (SSSR count). The summed E-state index contributed by atoms with van der Waals surface area (Å²) < 4.78 is 11.4. The molecule has 0 aliphatic carbocycles. The molecule has 1 spiro atoms. The van der Waals surface area contributed by atoms with Crippen molar-refractivity contribution in [3.8, 4) is 11.5 Å². The van der Waals surface area contributed by atoms with Gasteiger partial charge in [0.2, 0.25) is 11.6 Å². The molecular formula is C18H19N5O5. The van der Waals surface area contributed by atoms with E-state index in [0.29, 0.717) is 43.0 Å². The molecule has 2 aromatic rings. The summed E-state index contributed by atoms with van der Waals surface area (Å²) in [5.41, 5.74) is 5.26.